The summed E-state index contributed by atoms with van der Waals surface area (Å²) in [6, 6.07) is 11.4. The number of pyridine rings is 1. The van der Waals surface area contributed by atoms with Crippen molar-refractivity contribution in [2.45, 2.75) is 20.1 Å². The molecule has 18 heavy (non-hydrogen) atoms. The lowest BCUT2D eigenvalue weighted by molar-refractivity contribution is 0.298. The Labute approximate surface area is 112 Å². The van der Waals surface area contributed by atoms with Crippen LogP contribution in [-0.4, -0.2) is 4.98 Å². The molecular formula is C14H15ClN2O. The maximum absolute atomic E-state index is 6.10. The lowest BCUT2D eigenvalue weighted by Gasteiger charge is -2.11. The highest BCUT2D eigenvalue weighted by molar-refractivity contribution is 6.32. The van der Waals surface area contributed by atoms with Crippen LogP contribution in [-0.2, 0) is 13.2 Å². The van der Waals surface area contributed by atoms with Crippen molar-refractivity contribution in [3.8, 4) is 5.75 Å². The highest BCUT2D eigenvalue weighted by Gasteiger charge is 2.07. The third kappa shape index (κ3) is 3.00. The molecular weight excluding hydrogens is 248 g/mol. The van der Waals surface area contributed by atoms with Crippen LogP contribution in [0.4, 0.5) is 0 Å². The van der Waals surface area contributed by atoms with Crippen LogP contribution in [0.2, 0.25) is 5.02 Å². The number of hydrogen-bond donors (Lipinski definition) is 1. The van der Waals surface area contributed by atoms with Gasteiger partial charge < -0.3 is 10.5 Å². The summed E-state index contributed by atoms with van der Waals surface area (Å²) < 4.78 is 5.73. The molecule has 0 aliphatic heterocycles. The predicted molar refractivity (Wildman–Crippen MR) is 72.6 cm³/mol. The fourth-order valence-corrected chi connectivity index (χ4v) is 1.95. The molecule has 1 aromatic carbocycles. The molecule has 0 bridgehead atoms. The molecule has 0 saturated carbocycles. The third-order valence-corrected chi connectivity index (χ3v) is 2.88. The van der Waals surface area contributed by atoms with Gasteiger partial charge in [-0.15, -0.1) is 0 Å². The molecule has 1 heterocycles. The summed E-state index contributed by atoms with van der Waals surface area (Å²) in [5.41, 5.74) is 8.40. The standard InChI is InChI=1S/C14H15ClN2O/c1-10-4-2-6-12(17-10)9-18-14-11(8-16)5-3-7-13(14)15/h2-7H,8-9,16H2,1H3. The minimum absolute atomic E-state index is 0.387. The number of aromatic nitrogens is 1. The number of benzene rings is 1. The Morgan fingerprint density at radius 2 is 2.00 bits per heavy atom. The largest absolute Gasteiger partial charge is 0.485 e. The molecule has 0 amide bonds. The lowest BCUT2D eigenvalue weighted by atomic mass is 10.2. The zero-order chi connectivity index (χ0) is 13.0. The fourth-order valence-electron chi connectivity index (χ4n) is 1.70. The number of nitrogens with two attached hydrogens (primary N) is 1. The molecule has 3 nitrogen and oxygen atoms in total. The van der Waals surface area contributed by atoms with E-state index in [1.807, 2.05) is 37.3 Å². The van der Waals surface area contributed by atoms with E-state index < -0.39 is 0 Å². The summed E-state index contributed by atoms with van der Waals surface area (Å²) in [6.45, 7) is 2.74. The smallest absolute Gasteiger partial charge is 0.142 e. The molecule has 0 aliphatic rings. The Kier molecular flexibility index (Phi) is 4.18. The molecule has 0 fully saturated rings. The fraction of sp³-hybridized carbons (Fsp3) is 0.214. The van der Waals surface area contributed by atoms with Crippen LogP contribution in [0.5, 0.6) is 5.75 Å². The number of aryl methyl sites for hydroxylation is 1. The topological polar surface area (TPSA) is 48.1 Å². The van der Waals surface area contributed by atoms with Gasteiger partial charge in [0, 0.05) is 17.8 Å². The van der Waals surface area contributed by atoms with Crippen LogP contribution in [0.25, 0.3) is 0 Å². The van der Waals surface area contributed by atoms with Crippen LogP contribution in [0, 0.1) is 6.92 Å². The minimum atomic E-state index is 0.387. The minimum Gasteiger partial charge on any atom is -0.485 e. The van der Waals surface area contributed by atoms with Crippen molar-refractivity contribution in [3.05, 3.63) is 58.4 Å². The maximum atomic E-state index is 6.10. The molecule has 94 valence electrons. The number of ether oxygens (including phenoxy) is 1. The third-order valence-electron chi connectivity index (χ3n) is 2.58. The first-order chi connectivity index (χ1) is 8.70. The summed E-state index contributed by atoms with van der Waals surface area (Å²) in [4.78, 5) is 4.37. The van der Waals surface area contributed by atoms with Gasteiger partial charge >= 0.3 is 0 Å². The van der Waals surface area contributed by atoms with Crippen LogP contribution in [0.1, 0.15) is 17.0 Å². The van der Waals surface area contributed by atoms with Gasteiger partial charge in [-0.2, -0.15) is 0 Å². The Morgan fingerprint density at radius 3 is 2.72 bits per heavy atom. The van der Waals surface area contributed by atoms with E-state index in [0.717, 1.165) is 17.0 Å². The summed E-state index contributed by atoms with van der Waals surface area (Å²) in [5, 5.41) is 0.575. The molecule has 1 aromatic heterocycles. The summed E-state index contributed by atoms with van der Waals surface area (Å²) in [5.74, 6) is 0.643. The summed E-state index contributed by atoms with van der Waals surface area (Å²) in [7, 11) is 0. The van der Waals surface area contributed by atoms with E-state index in [2.05, 4.69) is 4.98 Å². The molecule has 2 rings (SSSR count). The Bertz CT molecular complexity index is 543. The van der Waals surface area contributed by atoms with Crippen molar-refractivity contribution in [1.82, 2.24) is 4.98 Å². The van der Waals surface area contributed by atoms with E-state index in [-0.39, 0.29) is 0 Å². The molecule has 0 aliphatic carbocycles. The van der Waals surface area contributed by atoms with Crippen molar-refractivity contribution < 1.29 is 4.74 Å². The first-order valence-electron chi connectivity index (χ1n) is 5.73. The van der Waals surface area contributed by atoms with E-state index >= 15 is 0 Å². The normalized spacial score (nSPS) is 10.4. The second kappa shape index (κ2) is 5.85. The molecule has 0 spiro atoms. The summed E-state index contributed by atoms with van der Waals surface area (Å²) in [6.07, 6.45) is 0. The van der Waals surface area contributed by atoms with Crippen LogP contribution in [0.15, 0.2) is 36.4 Å². The number of nitrogens with zero attached hydrogens (tertiary/aromatic N) is 1. The Morgan fingerprint density at radius 1 is 1.22 bits per heavy atom. The van der Waals surface area contributed by atoms with Gasteiger partial charge in [0.05, 0.1) is 10.7 Å². The molecule has 0 saturated heterocycles. The molecule has 2 N–H and O–H groups in total. The first kappa shape index (κ1) is 12.9. The Hall–Kier alpha value is -1.58. The number of rotatable bonds is 4. The zero-order valence-corrected chi connectivity index (χ0v) is 10.9. The van der Waals surface area contributed by atoms with Crippen molar-refractivity contribution in [2.75, 3.05) is 0 Å². The van der Waals surface area contributed by atoms with Crippen molar-refractivity contribution >= 4 is 11.6 Å². The molecule has 2 aromatic rings. The molecule has 0 radical (unpaired) electrons. The van der Waals surface area contributed by atoms with Gasteiger partial charge in [0.25, 0.3) is 0 Å². The second-order valence-corrected chi connectivity index (χ2v) is 4.40. The van der Waals surface area contributed by atoms with Gasteiger partial charge in [-0.1, -0.05) is 29.8 Å². The number of hydrogen-bond acceptors (Lipinski definition) is 3. The van der Waals surface area contributed by atoms with E-state index in [1.54, 1.807) is 6.07 Å². The highest BCUT2D eigenvalue weighted by atomic mass is 35.5. The van der Waals surface area contributed by atoms with E-state index in [0.29, 0.717) is 23.9 Å². The lowest BCUT2D eigenvalue weighted by Crippen LogP contribution is -2.04. The van der Waals surface area contributed by atoms with Crippen LogP contribution < -0.4 is 10.5 Å². The van der Waals surface area contributed by atoms with Crippen molar-refractivity contribution in [2.24, 2.45) is 5.73 Å². The molecule has 4 heteroatoms. The molecule has 0 atom stereocenters. The average molecular weight is 263 g/mol. The van der Waals surface area contributed by atoms with Gasteiger partial charge in [-0.05, 0) is 25.1 Å². The predicted octanol–water partition coefficient (Wildman–Crippen LogP) is 3.08. The number of para-hydroxylation sites is 1. The van der Waals surface area contributed by atoms with Crippen molar-refractivity contribution in [3.63, 3.8) is 0 Å². The van der Waals surface area contributed by atoms with Gasteiger partial charge in [-0.3, -0.25) is 4.98 Å². The first-order valence-corrected chi connectivity index (χ1v) is 6.11. The SMILES string of the molecule is Cc1cccc(COc2c(Cl)cccc2CN)n1. The quantitative estimate of drug-likeness (QED) is 0.921. The van der Waals surface area contributed by atoms with E-state index in [1.165, 1.54) is 0 Å². The monoisotopic (exact) mass is 262 g/mol. The zero-order valence-electron chi connectivity index (χ0n) is 10.2. The van der Waals surface area contributed by atoms with Crippen molar-refractivity contribution in [1.29, 1.82) is 0 Å². The Balaban J connectivity index is 2.15. The molecule has 0 unspecified atom stereocenters. The van der Waals surface area contributed by atoms with Crippen LogP contribution >= 0.6 is 11.6 Å². The van der Waals surface area contributed by atoms with E-state index in [4.69, 9.17) is 22.1 Å². The summed E-state index contributed by atoms with van der Waals surface area (Å²) >= 11 is 6.10. The maximum Gasteiger partial charge on any atom is 0.142 e. The van der Waals surface area contributed by atoms with Crippen LogP contribution in [0.3, 0.4) is 0 Å². The average Bonchev–Trinajstić information content (AvgIpc) is 2.37. The van der Waals surface area contributed by atoms with Gasteiger partial charge in [-0.25, -0.2) is 0 Å². The van der Waals surface area contributed by atoms with E-state index in [9.17, 15) is 0 Å². The van der Waals surface area contributed by atoms with Gasteiger partial charge in [0.15, 0.2) is 0 Å². The second-order valence-electron chi connectivity index (χ2n) is 3.99. The highest BCUT2D eigenvalue weighted by Crippen LogP contribution is 2.28. The van der Waals surface area contributed by atoms with Gasteiger partial charge in [0.1, 0.15) is 12.4 Å². The number of halogens is 1. The van der Waals surface area contributed by atoms with Gasteiger partial charge in [0.2, 0.25) is 0 Å².